The van der Waals surface area contributed by atoms with Crippen molar-refractivity contribution in [2.45, 2.75) is 58.2 Å². The molecule has 4 aromatic rings. The average Bonchev–Trinajstić information content (AvgIpc) is 3.19. The Hall–Kier alpha value is -4.19. The van der Waals surface area contributed by atoms with Crippen molar-refractivity contribution >= 4 is 22.6 Å². The Morgan fingerprint density at radius 1 is 1.11 bits per heavy atom. The average molecular weight is 471 g/mol. The van der Waals surface area contributed by atoms with Gasteiger partial charge in [0.2, 0.25) is 5.78 Å². The van der Waals surface area contributed by atoms with E-state index in [4.69, 9.17) is 5.26 Å². The number of aromatic nitrogens is 4. The first-order valence-electron chi connectivity index (χ1n) is 11.9. The van der Waals surface area contributed by atoms with E-state index >= 15 is 0 Å². The largest absolute Gasteiger partial charge is 0.353 e. The molecule has 0 radical (unpaired) electrons. The van der Waals surface area contributed by atoms with Crippen molar-refractivity contribution in [3.8, 4) is 6.07 Å². The minimum atomic E-state index is -0.533. The number of benzene rings is 2. The number of rotatable bonds is 5. The molecule has 1 saturated carbocycles. The number of carbonyl (C=O) groups excluding carboxylic acids is 1. The van der Waals surface area contributed by atoms with E-state index in [9.17, 15) is 14.4 Å². The molecule has 1 aliphatic carbocycles. The van der Waals surface area contributed by atoms with Crippen LogP contribution in [0.25, 0.3) is 16.7 Å². The number of hydrogen-bond acceptors (Lipinski definition) is 5. The van der Waals surface area contributed by atoms with Gasteiger partial charge in [-0.05, 0) is 43.5 Å². The van der Waals surface area contributed by atoms with Gasteiger partial charge in [0.15, 0.2) is 0 Å². The number of nitrogens with one attached hydrogen (secondary N) is 1. The summed E-state index contributed by atoms with van der Waals surface area (Å²) < 4.78 is 3.79. The molecular formula is C26H26N6O3. The van der Waals surface area contributed by atoms with Crippen molar-refractivity contribution in [1.29, 1.82) is 5.26 Å². The minimum absolute atomic E-state index is 0.133. The molecule has 5 rings (SSSR count). The van der Waals surface area contributed by atoms with E-state index in [1.165, 1.54) is 15.4 Å². The number of nitrogens with zero attached hydrogens (tertiary/aromatic N) is 5. The summed E-state index contributed by atoms with van der Waals surface area (Å²) in [6.45, 7) is 1.95. The molecule has 2 heterocycles. The number of carbonyl (C=O) groups is 1. The molecule has 0 saturated heterocycles. The van der Waals surface area contributed by atoms with Crippen LogP contribution in [0.1, 0.15) is 53.6 Å². The lowest BCUT2D eigenvalue weighted by molar-refractivity contribution is 0.0928. The van der Waals surface area contributed by atoms with Crippen molar-refractivity contribution in [3.63, 3.8) is 0 Å². The van der Waals surface area contributed by atoms with Crippen molar-refractivity contribution in [2.75, 3.05) is 0 Å². The summed E-state index contributed by atoms with van der Waals surface area (Å²) in [5, 5.41) is 16.8. The molecule has 9 nitrogen and oxygen atoms in total. The fourth-order valence-corrected chi connectivity index (χ4v) is 4.76. The molecule has 2 aromatic heterocycles. The molecule has 1 fully saturated rings. The second kappa shape index (κ2) is 9.22. The Labute approximate surface area is 201 Å². The summed E-state index contributed by atoms with van der Waals surface area (Å²) in [4.78, 5) is 39.7. The highest BCUT2D eigenvalue weighted by molar-refractivity contribution is 5.98. The minimum Gasteiger partial charge on any atom is -0.349 e. The number of fused-ring (bicyclic) bond motifs is 3. The van der Waals surface area contributed by atoms with Gasteiger partial charge >= 0.3 is 5.69 Å². The van der Waals surface area contributed by atoms with Crippen molar-refractivity contribution < 1.29 is 4.79 Å². The van der Waals surface area contributed by atoms with Crippen LogP contribution in [0.5, 0.6) is 0 Å². The summed E-state index contributed by atoms with van der Waals surface area (Å²) in [5.41, 5.74) is 1.80. The molecule has 0 atom stereocenters. The van der Waals surface area contributed by atoms with Crippen LogP contribution >= 0.6 is 0 Å². The summed E-state index contributed by atoms with van der Waals surface area (Å²) in [6.07, 6.45) is 5.28. The Balaban J connectivity index is 1.66. The van der Waals surface area contributed by atoms with Gasteiger partial charge < -0.3 is 5.32 Å². The molecular weight excluding hydrogens is 444 g/mol. The monoisotopic (exact) mass is 470 g/mol. The van der Waals surface area contributed by atoms with E-state index in [-0.39, 0.29) is 36.4 Å². The van der Waals surface area contributed by atoms with E-state index in [1.54, 1.807) is 18.2 Å². The third kappa shape index (κ3) is 4.23. The van der Waals surface area contributed by atoms with Gasteiger partial charge in [-0.3, -0.25) is 14.2 Å². The van der Waals surface area contributed by atoms with Crippen LogP contribution in [-0.2, 0) is 13.1 Å². The molecule has 1 amide bonds. The smallest absolute Gasteiger partial charge is 0.349 e. The van der Waals surface area contributed by atoms with Crippen molar-refractivity contribution in [2.24, 2.45) is 0 Å². The molecule has 9 heteroatoms. The molecule has 1 aliphatic rings. The van der Waals surface area contributed by atoms with Crippen LogP contribution in [0.15, 0.2) is 52.1 Å². The first-order valence-corrected chi connectivity index (χ1v) is 11.9. The molecule has 0 aliphatic heterocycles. The maximum atomic E-state index is 13.5. The quantitative estimate of drug-likeness (QED) is 0.482. The zero-order valence-corrected chi connectivity index (χ0v) is 19.5. The zero-order chi connectivity index (χ0) is 24.5. The van der Waals surface area contributed by atoms with Crippen LogP contribution in [0.4, 0.5) is 0 Å². The fraction of sp³-hybridized carbons (Fsp3) is 0.346. The van der Waals surface area contributed by atoms with E-state index in [1.807, 2.05) is 37.3 Å². The highest BCUT2D eigenvalue weighted by Gasteiger charge is 2.21. The van der Waals surface area contributed by atoms with E-state index in [2.05, 4.69) is 10.4 Å². The number of amides is 1. The fourth-order valence-electron chi connectivity index (χ4n) is 4.76. The first-order chi connectivity index (χ1) is 17.0. The number of nitriles is 1. The van der Waals surface area contributed by atoms with Gasteiger partial charge in [-0.1, -0.05) is 49.1 Å². The first kappa shape index (κ1) is 22.6. The Morgan fingerprint density at radius 3 is 2.57 bits per heavy atom. The van der Waals surface area contributed by atoms with Crippen LogP contribution in [0.3, 0.4) is 0 Å². The zero-order valence-electron chi connectivity index (χ0n) is 19.5. The summed E-state index contributed by atoms with van der Waals surface area (Å²) >= 11 is 0. The van der Waals surface area contributed by atoms with Gasteiger partial charge in [0.1, 0.15) is 6.54 Å². The summed E-state index contributed by atoms with van der Waals surface area (Å²) in [5.74, 6) is -0.0959. The van der Waals surface area contributed by atoms with Crippen molar-refractivity contribution in [1.82, 2.24) is 24.1 Å². The van der Waals surface area contributed by atoms with Crippen LogP contribution in [0, 0.1) is 18.3 Å². The standard InChI is InChI=1S/C26H26N6O3/c1-17-7-9-18(10-8-17)16-30-24(34)21-12-11-19(23(33)28-20-5-3-2-4-6-20)15-22(21)32-25(30)29-31(14-13-27)26(32)35/h7-12,15,20H,2-6,14,16H2,1H3,(H,28,33). The van der Waals surface area contributed by atoms with Gasteiger partial charge in [0, 0.05) is 11.6 Å². The van der Waals surface area contributed by atoms with Gasteiger partial charge in [0.25, 0.3) is 11.5 Å². The topological polar surface area (TPSA) is 114 Å². The molecule has 0 bridgehead atoms. The van der Waals surface area contributed by atoms with Crippen molar-refractivity contribution in [3.05, 3.63) is 80.0 Å². The summed E-state index contributed by atoms with van der Waals surface area (Å²) in [6, 6.07) is 14.6. The van der Waals surface area contributed by atoms with Crippen LogP contribution in [0.2, 0.25) is 0 Å². The molecule has 1 N–H and O–H groups in total. The predicted octanol–water partition coefficient (Wildman–Crippen LogP) is 2.75. The van der Waals surface area contributed by atoms with Crippen LogP contribution < -0.4 is 16.6 Å². The lowest BCUT2D eigenvalue weighted by Crippen LogP contribution is -2.36. The number of hydrogen-bond donors (Lipinski definition) is 1. The second-order valence-electron chi connectivity index (χ2n) is 9.15. The Morgan fingerprint density at radius 2 is 1.86 bits per heavy atom. The highest BCUT2D eigenvalue weighted by atomic mass is 16.2. The lowest BCUT2D eigenvalue weighted by Gasteiger charge is -2.22. The predicted molar refractivity (Wildman–Crippen MR) is 131 cm³/mol. The number of aryl methyl sites for hydroxylation is 1. The van der Waals surface area contributed by atoms with E-state index in [0.29, 0.717) is 16.5 Å². The maximum absolute atomic E-state index is 13.5. The molecule has 0 spiro atoms. The van der Waals surface area contributed by atoms with Gasteiger partial charge in [-0.15, -0.1) is 5.10 Å². The second-order valence-corrected chi connectivity index (χ2v) is 9.15. The van der Waals surface area contributed by atoms with E-state index in [0.717, 1.165) is 41.5 Å². The van der Waals surface area contributed by atoms with Gasteiger partial charge in [0.05, 0.1) is 23.5 Å². The third-order valence-electron chi connectivity index (χ3n) is 6.66. The molecule has 2 aromatic carbocycles. The normalized spacial score (nSPS) is 14.3. The SMILES string of the molecule is Cc1ccc(Cn2c(=O)c3ccc(C(=O)NC4CCCCC4)cc3n3c(=O)n(CC#N)nc23)cc1. The molecule has 35 heavy (non-hydrogen) atoms. The third-order valence-corrected chi connectivity index (χ3v) is 6.66. The molecule has 0 unspecified atom stereocenters. The molecule has 178 valence electrons. The Bertz CT molecular complexity index is 1580. The summed E-state index contributed by atoms with van der Waals surface area (Å²) in [7, 11) is 0. The van der Waals surface area contributed by atoms with Gasteiger partial charge in [-0.2, -0.15) is 9.94 Å². The van der Waals surface area contributed by atoms with Crippen LogP contribution in [-0.4, -0.2) is 30.7 Å². The maximum Gasteiger partial charge on any atom is 0.353 e. The Kier molecular flexibility index (Phi) is 5.95. The van der Waals surface area contributed by atoms with Gasteiger partial charge in [-0.25, -0.2) is 9.20 Å². The lowest BCUT2D eigenvalue weighted by atomic mass is 9.95. The van der Waals surface area contributed by atoms with E-state index < -0.39 is 5.69 Å². The highest BCUT2D eigenvalue weighted by Crippen LogP contribution is 2.19.